The zero-order chi connectivity index (χ0) is 11.4. The molecule has 1 rings (SSSR count). The lowest BCUT2D eigenvalue weighted by Gasteiger charge is -2.41. The van der Waals surface area contributed by atoms with E-state index in [1.165, 1.54) is 19.3 Å². The summed E-state index contributed by atoms with van der Waals surface area (Å²) in [7, 11) is 6.05. The molecule has 4 nitrogen and oxygen atoms in total. The van der Waals surface area contributed by atoms with Crippen LogP contribution in [0.1, 0.15) is 25.7 Å². The van der Waals surface area contributed by atoms with E-state index in [9.17, 15) is 4.79 Å². The lowest BCUT2D eigenvalue weighted by atomic mass is 9.88. The Morgan fingerprint density at radius 3 is 2.20 bits per heavy atom. The third kappa shape index (κ3) is 2.92. The molecule has 15 heavy (non-hydrogen) atoms. The van der Waals surface area contributed by atoms with Gasteiger partial charge in [-0.15, -0.1) is 0 Å². The van der Waals surface area contributed by atoms with Crippen molar-refractivity contribution in [2.75, 3.05) is 27.7 Å². The Morgan fingerprint density at radius 2 is 1.73 bits per heavy atom. The van der Waals surface area contributed by atoms with Crippen molar-refractivity contribution in [1.82, 2.24) is 9.80 Å². The average Bonchev–Trinajstić information content (AvgIpc) is 2.27. The molecule has 1 aliphatic carbocycles. The van der Waals surface area contributed by atoms with Gasteiger partial charge in [0.15, 0.2) is 0 Å². The molecule has 0 heterocycles. The number of carbonyl (C=O) groups is 1. The summed E-state index contributed by atoms with van der Waals surface area (Å²) in [6.45, 7) is 0.118. The second-order valence-corrected chi connectivity index (χ2v) is 4.59. The number of nitrogens with two attached hydrogens (primary N) is 1. The number of hydrogen-bond acceptors (Lipinski definition) is 3. The molecular formula is C11H23N3O. The van der Waals surface area contributed by atoms with E-state index in [4.69, 9.17) is 5.73 Å². The van der Waals surface area contributed by atoms with Gasteiger partial charge < -0.3 is 15.5 Å². The van der Waals surface area contributed by atoms with E-state index in [0.29, 0.717) is 12.1 Å². The monoisotopic (exact) mass is 213 g/mol. The normalized spacial score (nSPS) is 26.7. The molecule has 1 saturated carbocycles. The Kier molecular flexibility index (Phi) is 4.54. The maximum atomic E-state index is 11.6. The summed E-state index contributed by atoms with van der Waals surface area (Å²) in [6.07, 6.45) is 4.77. The number of carbonyl (C=O) groups excluding carboxylic acids is 1. The van der Waals surface area contributed by atoms with Crippen molar-refractivity contribution in [3.8, 4) is 0 Å². The van der Waals surface area contributed by atoms with Crippen molar-refractivity contribution in [3.63, 3.8) is 0 Å². The van der Waals surface area contributed by atoms with Gasteiger partial charge in [-0.25, -0.2) is 0 Å². The Morgan fingerprint density at radius 1 is 1.20 bits per heavy atom. The van der Waals surface area contributed by atoms with Gasteiger partial charge in [-0.1, -0.05) is 12.8 Å². The maximum absolute atomic E-state index is 11.6. The predicted molar refractivity (Wildman–Crippen MR) is 61.6 cm³/mol. The third-order valence-corrected chi connectivity index (χ3v) is 3.42. The van der Waals surface area contributed by atoms with E-state index in [2.05, 4.69) is 19.0 Å². The van der Waals surface area contributed by atoms with Gasteiger partial charge in [0.1, 0.15) is 0 Å². The van der Waals surface area contributed by atoms with E-state index in [-0.39, 0.29) is 12.5 Å². The molecule has 2 N–H and O–H groups in total. The number of amides is 1. The molecule has 1 aliphatic rings. The van der Waals surface area contributed by atoms with Gasteiger partial charge in [-0.3, -0.25) is 4.79 Å². The molecule has 1 amide bonds. The van der Waals surface area contributed by atoms with Gasteiger partial charge in [-0.2, -0.15) is 0 Å². The van der Waals surface area contributed by atoms with Crippen LogP contribution in [0.4, 0.5) is 0 Å². The molecule has 0 aliphatic heterocycles. The van der Waals surface area contributed by atoms with Crippen molar-refractivity contribution in [2.45, 2.75) is 37.8 Å². The van der Waals surface area contributed by atoms with Gasteiger partial charge in [0.2, 0.25) is 5.91 Å². The van der Waals surface area contributed by atoms with Gasteiger partial charge in [-0.05, 0) is 26.9 Å². The Balaban J connectivity index is 2.67. The number of hydrogen-bond donors (Lipinski definition) is 1. The molecule has 4 heteroatoms. The minimum Gasteiger partial charge on any atom is -0.340 e. The molecule has 0 spiro atoms. The second-order valence-electron chi connectivity index (χ2n) is 4.59. The molecular weight excluding hydrogens is 190 g/mol. The highest BCUT2D eigenvalue weighted by Gasteiger charge is 2.31. The first kappa shape index (κ1) is 12.5. The van der Waals surface area contributed by atoms with Crippen LogP contribution in [-0.2, 0) is 4.79 Å². The quantitative estimate of drug-likeness (QED) is 0.732. The lowest BCUT2D eigenvalue weighted by molar-refractivity contribution is -0.132. The van der Waals surface area contributed by atoms with Crippen LogP contribution in [0.3, 0.4) is 0 Å². The Bertz CT molecular complexity index is 218. The van der Waals surface area contributed by atoms with Crippen molar-refractivity contribution in [1.29, 1.82) is 0 Å². The van der Waals surface area contributed by atoms with Crippen LogP contribution in [0, 0.1) is 0 Å². The summed E-state index contributed by atoms with van der Waals surface area (Å²) >= 11 is 0. The molecule has 0 aromatic heterocycles. The first-order valence-electron chi connectivity index (χ1n) is 5.70. The fourth-order valence-electron chi connectivity index (χ4n) is 2.47. The zero-order valence-corrected chi connectivity index (χ0v) is 10.1. The zero-order valence-electron chi connectivity index (χ0n) is 10.1. The second kappa shape index (κ2) is 5.47. The van der Waals surface area contributed by atoms with Gasteiger partial charge in [0.05, 0.1) is 6.54 Å². The van der Waals surface area contributed by atoms with Crippen molar-refractivity contribution >= 4 is 5.91 Å². The van der Waals surface area contributed by atoms with Crippen LogP contribution < -0.4 is 5.73 Å². The summed E-state index contributed by atoms with van der Waals surface area (Å²) in [6, 6.07) is 0.823. The molecule has 2 atom stereocenters. The van der Waals surface area contributed by atoms with Crippen LogP contribution in [0.5, 0.6) is 0 Å². The summed E-state index contributed by atoms with van der Waals surface area (Å²) in [5.41, 5.74) is 5.40. The molecule has 0 bridgehead atoms. The van der Waals surface area contributed by atoms with Crippen LogP contribution in [0.2, 0.25) is 0 Å². The number of rotatable bonds is 3. The summed E-state index contributed by atoms with van der Waals surface area (Å²) in [5, 5.41) is 0. The Labute approximate surface area is 92.4 Å². The number of nitrogens with zero attached hydrogens (tertiary/aromatic N) is 2. The molecule has 0 unspecified atom stereocenters. The van der Waals surface area contributed by atoms with Crippen LogP contribution in [-0.4, -0.2) is 55.5 Å². The summed E-state index contributed by atoms with van der Waals surface area (Å²) < 4.78 is 0. The third-order valence-electron chi connectivity index (χ3n) is 3.42. The lowest BCUT2D eigenvalue weighted by Crippen LogP contribution is -2.52. The standard InChI is InChI=1S/C11H23N3O/c1-13(2)9-6-4-5-7-10(9)14(3)11(15)8-12/h9-10H,4-8,12H2,1-3H3/t9-,10-/m0/s1. The minimum absolute atomic E-state index is 0.0498. The largest absolute Gasteiger partial charge is 0.340 e. The molecule has 0 saturated heterocycles. The topological polar surface area (TPSA) is 49.6 Å². The molecule has 1 fully saturated rings. The highest BCUT2D eigenvalue weighted by molar-refractivity contribution is 5.78. The summed E-state index contributed by atoms with van der Waals surface area (Å²) in [4.78, 5) is 15.6. The highest BCUT2D eigenvalue weighted by Crippen LogP contribution is 2.25. The van der Waals surface area contributed by atoms with Crippen LogP contribution >= 0.6 is 0 Å². The molecule has 0 radical (unpaired) electrons. The van der Waals surface area contributed by atoms with Crippen molar-refractivity contribution in [3.05, 3.63) is 0 Å². The predicted octanol–water partition coefficient (Wildman–Crippen LogP) is 0.276. The highest BCUT2D eigenvalue weighted by atomic mass is 16.2. The van der Waals surface area contributed by atoms with Crippen molar-refractivity contribution < 1.29 is 4.79 Å². The van der Waals surface area contributed by atoms with Gasteiger partial charge in [0.25, 0.3) is 0 Å². The molecule has 88 valence electrons. The van der Waals surface area contributed by atoms with E-state index >= 15 is 0 Å². The van der Waals surface area contributed by atoms with E-state index in [1.54, 1.807) is 0 Å². The SMILES string of the molecule is CN(C)[C@H]1CCCC[C@@H]1N(C)C(=O)CN. The summed E-state index contributed by atoms with van der Waals surface area (Å²) in [5.74, 6) is 0.0498. The average molecular weight is 213 g/mol. The molecule has 0 aromatic carbocycles. The first-order valence-corrected chi connectivity index (χ1v) is 5.70. The first-order chi connectivity index (χ1) is 7.07. The van der Waals surface area contributed by atoms with Crippen LogP contribution in [0.25, 0.3) is 0 Å². The smallest absolute Gasteiger partial charge is 0.236 e. The van der Waals surface area contributed by atoms with Crippen LogP contribution in [0.15, 0.2) is 0 Å². The minimum atomic E-state index is 0.0498. The Hall–Kier alpha value is -0.610. The molecule has 0 aromatic rings. The fraction of sp³-hybridized carbons (Fsp3) is 0.909. The number of likely N-dealkylation sites (N-methyl/N-ethyl adjacent to an activating group) is 2. The van der Waals surface area contributed by atoms with E-state index < -0.39 is 0 Å². The van der Waals surface area contributed by atoms with Gasteiger partial charge in [0, 0.05) is 19.1 Å². The maximum Gasteiger partial charge on any atom is 0.236 e. The van der Waals surface area contributed by atoms with E-state index in [1.807, 2.05) is 11.9 Å². The van der Waals surface area contributed by atoms with E-state index in [0.717, 1.165) is 6.42 Å². The fourth-order valence-corrected chi connectivity index (χ4v) is 2.47. The van der Waals surface area contributed by atoms with Gasteiger partial charge >= 0.3 is 0 Å². The van der Waals surface area contributed by atoms with Crippen molar-refractivity contribution in [2.24, 2.45) is 5.73 Å².